The lowest BCUT2D eigenvalue weighted by molar-refractivity contribution is -0.124. The number of hydrogen-bond acceptors (Lipinski definition) is 3. The molecule has 19 heavy (non-hydrogen) atoms. The van der Waals surface area contributed by atoms with Crippen molar-refractivity contribution in [3.8, 4) is 0 Å². The van der Waals surface area contributed by atoms with E-state index < -0.39 is 0 Å². The van der Waals surface area contributed by atoms with Gasteiger partial charge in [0.2, 0.25) is 5.91 Å². The van der Waals surface area contributed by atoms with Gasteiger partial charge in [-0.15, -0.1) is 0 Å². The number of carbonyl (C=O) groups excluding carboxylic acids is 1. The number of piperazine rings is 1. The molecule has 104 valence electrons. The highest BCUT2D eigenvalue weighted by atomic mass is 79.9. The maximum absolute atomic E-state index is 12.1. The number of nitrogens with one attached hydrogen (secondary N) is 1. The van der Waals surface area contributed by atoms with Crippen LogP contribution in [0.15, 0.2) is 22.7 Å². The molecule has 2 rings (SSSR count). The van der Waals surface area contributed by atoms with Crippen LogP contribution in [0, 0.1) is 6.92 Å². The molecule has 2 atom stereocenters. The highest BCUT2D eigenvalue weighted by molar-refractivity contribution is 9.10. The number of carbonyl (C=O) groups is 1. The third kappa shape index (κ3) is 3.09. The molecule has 4 nitrogen and oxygen atoms in total. The molecule has 0 aliphatic carbocycles. The van der Waals surface area contributed by atoms with Gasteiger partial charge in [0, 0.05) is 17.1 Å². The summed E-state index contributed by atoms with van der Waals surface area (Å²) in [5.41, 5.74) is 7.90. The van der Waals surface area contributed by atoms with E-state index in [1.807, 2.05) is 6.92 Å². The molecule has 0 saturated carbocycles. The van der Waals surface area contributed by atoms with Crippen LogP contribution < -0.4 is 16.0 Å². The van der Waals surface area contributed by atoms with Crippen LogP contribution in [0.5, 0.6) is 0 Å². The number of aryl methyl sites for hydroxylation is 1. The van der Waals surface area contributed by atoms with E-state index in [4.69, 9.17) is 5.73 Å². The number of nitrogens with zero attached hydrogens (tertiary/aromatic N) is 1. The molecule has 0 spiro atoms. The smallest absolute Gasteiger partial charge is 0.243 e. The van der Waals surface area contributed by atoms with Crippen LogP contribution >= 0.6 is 15.9 Å². The van der Waals surface area contributed by atoms with Crippen molar-refractivity contribution in [1.82, 2.24) is 5.32 Å². The second kappa shape index (κ2) is 5.92. The highest BCUT2D eigenvalue weighted by Crippen LogP contribution is 2.30. The van der Waals surface area contributed by atoms with E-state index in [-0.39, 0.29) is 18.0 Å². The summed E-state index contributed by atoms with van der Waals surface area (Å²) in [6.07, 6.45) is 0.666. The minimum Gasteiger partial charge on any atom is -0.357 e. The van der Waals surface area contributed by atoms with Crippen molar-refractivity contribution in [2.45, 2.75) is 32.4 Å². The lowest BCUT2D eigenvalue weighted by Crippen LogP contribution is -2.59. The van der Waals surface area contributed by atoms with Crippen molar-refractivity contribution in [2.75, 3.05) is 18.0 Å². The van der Waals surface area contributed by atoms with Gasteiger partial charge >= 0.3 is 0 Å². The zero-order chi connectivity index (χ0) is 14.0. The first-order chi connectivity index (χ1) is 9.02. The van der Waals surface area contributed by atoms with Gasteiger partial charge in [-0.05, 0) is 60.4 Å². The van der Waals surface area contributed by atoms with Crippen molar-refractivity contribution in [1.29, 1.82) is 0 Å². The number of nitrogens with two attached hydrogens (primary N) is 1. The fraction of sp³-hybridized carbons (Fsp3) is 0.500. The molecule has 0 radical (unpaired) electrons. The number of amides is 1. The summed E-state index contributed by atoms with van der Waals surface area (Å²) in [4.78, 5) is 14.3. The first-order valence-corrected chi connectivity index (χ1v) is 7.35. The van der Waals surface area contributed by atoms with Crippen LogP contribution in [0.1, 0.15) is 18.9 Å². The molecule has 3 N–H and O–H groups in total. The average Bonchev–Trinajstić information content (AvgIpc) is 2.32. The minimum atomic E-state index is -0.180. The lowest BCUT2D eigenvalue weighted by Gasteiger charge is -2.40. The Morgan fingerprint density at radius 2 is 2.26 bits per heavy atom. The zero-order valence-electron chi connectivity index (χ0n) is 11.3. The molecular weight excluding hydrogens is 306 g/mol. The predicted octanol–water partition coefficient (Wildman–Crippen LogP) is 1.80. The molecule has 1 aromatic rings. The molecule has 0 aromatic heterocycles. The maximum atomic E-state index is 12.1. The summed E-state index contributed by atoms with van der Waals surface area (Å²) in [7, 11) is 0. The number of anilines is 1. The van der Waals surface area contributed by atoms with Gasteiger partial charge in [0.05, 0.1) is 5.69 Å². The van der Waals surface area contributed by atoms with Crippen LogP contribution in [0.2, 0.25) is 0 Å². The maximum Gasteiger partial charge on any atom is 0.243 e. The Morgan fingerprint density at radius 3 is 2.89 bits per heavy atom. The molecule has 1 saturated heterocycles. The minimum absolute atomic E-state index is 0.0664. The number of hydrogen-bond donors (Lipinski definition) is 2. The highest BCUT2D eigenvalue weighted by Gasteiger charge is 2.33. The Hall–Kier alpha value is -1.07. The van der Waals surface area contributed by atoms with Crippen LogP contribution in [0.4, 0.5) is 5.69 Å². The van der Waals surface area contributed by atoms with E-state index in [0.717, 1.165) is 16.7 Å². The van der Waals surface area contributed by atoms with Crippen LogP contribution in [0.3, 0.4) is 0 Å². The molecule has 5 heteroatoms. The quantitative estimate of drug-likeness (QED) is 0.890. The Balaban J connectivity index is 2.34. The van der Waals surface area contributed by atoms with E-state index in [0.29, 0.717) is 13.0 Å². The molecule has 1 amide bonds. The van der Waals surface area contributed by atoms with E-state index in [9.17, 15) is 4.79 Å². The second-order valence-corrected chi connectivity index (χ2v) is 5.96. The number of halogens is 1. The predicted molar refractivity (Wildman–Crippen MR) is 81.3 cm³/mol. The number of benzene rings is 1. The summed E-state index contributed by atoms with van der Waals surface area (Å²) >= 11 is 3.60. The topological polar surface area (TPSA) is 58.4 Å². The van der Waals surface area contributed by atoms with Crippen molar-refractivity contribution in [3.63, 3.8) is 0 Å². The monoisotopic (exact) mass is 325 g/mol. The summed E-state index contributed by atoms with van der Waals surface area (Å²) < 4.78 is 1.02. The van der Waals surface area contributed by atoms with Gasteiger partial charge in [0.25, 0.3) is 0 Å². The van der Waals surface area contributed by atoms with Gasteiger partial charge in [-0.25, -0.2) is 0 Å². The van der Waals surface area contributed by atoms with Gasteiger partial charge in [-0.1, -0.05) is 6.07 Å². The Bertz CT molecular complexity index is 478. The molecule has 1 aliphatic heterocycles. The van der Waals surface area contributed by atoms with Crippen molar-refractivity contribution < 1.29 is 4.79 Å². The molecule has 1 aromatic carbocycles. The molecule has 1 heterocycles. The van der Waals surface area contributed by atoms with E-state index in [1.54, 1.807) is 0 Å². The lowest BCUT2D eigenvalue weighted by atomic mass is 10.0. The van der Waals surface area contributed by atoms with Crippen molar-refractivity contribution >= 4 is 27.5 Å². The summed E-state index contributed by atoms with van der Waals surface area (Å²) in [5, 5.41) is 2.99. The van der Waals surface area contributed by atoms with Gasteiger partial charge in [-0.2, -0.15) is 0 Å². The van der Waals surface area contributed by atoms with E-state index in [1.165, 1.54) is 5.56 Å². The van der Waals surface area contributed by atoms with Crippen LogP contribution in [-0.2, 0) is 4.79 Å². The Morgan fingerprint density at radius 1 is 1.53 bits per heavy atom. The van der Waals surface area contributed by atoms with E-state index in [2.05, 4.69) is 51.3 Å². The molecule has 2 unspecified atom stereocenters. The normalized spacial score (nSPS) is 23.4. The molecular formula is C14H20BrN3O. The third-order valence-corrected chi connectivity index (χ3v) is 4.03. The standard InChI is InChI=1S/C14H20BrN3O/c1-9-3-4-12(11(15)7-9)18-8-10(2)17-14(19)13(18)5-6-16/h3-4,7,10,13H,5-6,8,16H2,1-2H3,(H,17,19). The average molecular weight is 326 g/mol. The van der Waals surface area contributed by atoms with Gasteiger partial charge in [-0.3, -0.25) is 4.79 Å². The molecule has 1 aliphatic rings. The van der Waals surface area contributed by atoms with Crippen molar-refractivity contribution in [2.24, 2.45) is 5.73 Å². The van der Waals surface area contributed by atoms with Crippen LogP contribution in [-0.4, -0.2) is 31.1 Å². The largest absolute Gasteiger partial charge is 0.357 e. The summed E-state index contributed by atoms with van der Waals surface area (Å²) in [5.74, 6) is 0.0664. The molecule has 0 bridgehead atoms. The van der Waals surface area contributed by atoms with Gasteiger partial charge in [0.15, 0.2) is 0 Å². The summed E-state index contributed by atoms with van der Waals surface area (Å²) in [6, 6.07) is 6.17. The Kier molecular flexibility index (Phi) is 4.47. The fourth-order valence-electron chi connectivity index (χ4n) is 2.50. The second-order valence-electron chi connectivity index (χ2n) is 5.11. The third-order valence-electron chi connectivity index (χ3n) is 3.39. The SMILES string of the molecule is Cc1ccc(N2CC(C)NC(=O)C2CCN)c(Br)c1. The first kappa shape index (κ1) is 14.3. The van der Waals surface area contributed by atoms with Crippen LogP contribution in [0.25, 0.3) is 0 Å². The van der Waals surface area contributed by atoms with Gasteiger partial charge in [0.1, 0.15) is 6.04 Å². The van der Waals surface area contributed by atoms with Crippen molar-refractivity contribution in [3.05, 3.63) is 28.2 Å². The first-order valence-electron chi connectivity index (χ1n) is 6.56. The Labute approximate surface area is 122 Å². The number of rotatable bonds is 3. The molecule has 1 fully saturated rings. The van der Waals surface area contributed by atoms with E-state index >= 15 is 0 Å². The van der Waals surface area contributed by atoms with Gasteiger partial charge < -0.3 is 16.0 Å². The fourth-order valence-corrected chi connectivity index (χ4v) is 3.23. The zero-order valence-corrected chi connectivity index (χ0v) is 12.9. The summed E-state index contributed by atoms with van der Waals surface area (Å²) in [6.45, 7) is 5.38.